The van der Waals surface area contributed by atoms with Gasteiger partial charge in [-0.1, -0.05) is 0 Å². The van der Waals surface area contributed by atoms with Gasteiger partial charge in [-0.25, -0.2) is 0 Å². The fourth-order valence-electron chi connectivity index (χ4n) is 0.930. The van der Waals surface area contributed by atoms with Crippen LogP contribution in [0.1, 0.15) is 5.69 Å². The fraction of sp³-hybridized carbons (Fsp3) is 0.556. The quantitative estimate of drug-likeness (QED) is 0.635. The van der Waals surface area contributed by atoms with E-state index >= 15 is 0 Å². The molecule has 0 spiro atoms. The predicted molar refractivity (Wildman–Crippen MR) is 55.1 cm³/mol. The zero-order valence-electron chi connectivity index (χ0n) is 8.36. The third-order valence-electron chi connectivity index (χ3n) is 1.61. The van der Waals surface area contributed by atoms with Gasteiger partial charge in [0.15, 0.2) is 0 Å². The van der Waals surface area contributed by atoms with Crippen molar-refractivity contribution in [3.63, 3.8) is 0 Å². The highest BCUT2D eigenvalue weighted by Crippen LogP contribution is 1.99. The molecule has 0 aromatic carbocycles. The lowest BCUT2D eigenvalue weighted by molar-refractivity contribution is 0.151. The number of hydrogen-bond acceptors (Lipinski definition) is 5. The van der Waals surface area contributed by atoms with Gasteiger partial charge in [-0.2, -0.15) is 5.10 Å². The number of nitrogens with one attached hydrogen (secondary N) is 1. The standard InChI is InChI=1S/C9H16N4O/c1-8-2-3-9(13-12-8)11-5-7-14-6-4-10/h2-3H,4-7,10H2,1H3,(H,11,13). The van der Waals surface area contributed by atoms with Crippen molar-refractivity contribution < 1.29 is 4.74 Å². The highest BCUT2D eigenvalue weighted by Gasteiger charge is 1.93. The van der Waals surface area contributed by atoms with Crippen molar-refractivity contribution in [2.45, 2.75) is 6.92 Å². The highest BCUT2D eigenvalue weighted by atomic mass is 16.5. The number of aryl methyl sites for hydroxylation is 1. The average molecular weight is 196 g/mol. The van der Waals surface area contributed by atoms with E-state index in [4.69, 9.17) is 10.5 Å². The van der Waals surface area contributed by atoms with Gasteiger partial charge >= 0.3 is 0 Å². The van der Waals surface area contributed by atoms with E-state index in [1.165, 1.54) is 0 Å². The summed E-state index contributed by atoms with van der Waals surface area (Å²) < 4.78 is 5.19. The molecule has 1 rings (SSSR count). The molecule has 0 amide bonds. The lowest BCUT2D eigenvalue weighted by atomic mass is 10.4. The summed E-state index contributed by atoms with van der Waals surface area (Å²) in [4.78, 5) is 0. The molecule has 5 nitrogen and oxygen atoms in total. The maximum absolute atomic E-state index is 5.27. The molecule has 0 saturated carbocycles. The van der Waals surface area contributed by atoms with E-state index in [9.17, 15) is 0 Å². The van der Waals surface area contributed by atoms with Crippen LogP contribution in [0.25, 0.3) is 0 Å². The molecule has 1 heterocycles. The Balaban J connectivity index is 2.15. The molecule has 78 valence electrons. The summed E-state index contributed by atoms with van der Waals surface area (Å²) in [7, 11) is 0. The summed E-state index contributed by atoms with van der Waals surface area (Å²) in [5.74, 6) is 0.770. The third-order valence-corrected chi connectivity index (χ3v) is 1.61. The molecule has 1 aromatic heterocycles. The number of nitrogens with zero attached hydrogens (tertiary/aromatic N) is 2. The average Bonchev–Trinajstić information content (AvgIpc) is 2.21. The first kappa shape index (κ1) is 10.9. The van der Waals surface area contributed by atoms with Gasteiger partial charge < -0.3 is 15.8 Å². The van der Waals surface area contributed by atoms with E-state index in [1.54, 1.807) is 0 Å². The van der Waals surface area contributed by atoms with Crippen molar-refractivity contribution in [3.8, 4) is 0 Å². The molecule has 0 aliphatic heterocycles. The van der Waals surface area contributed by atoms with Gasteiger partial charge in [0.1, 0.15) is 5.82 Å². The lowest BCUT2D eigenvalue weighted by Gasteiger charge is -2.05. The minimum atomic E-state index is 0.560. The van der Waals surface area contributed by atoms with Crippen LogP contribution in [0.4, 0.5) is 5.82 Å². The van der Waals surface area contributed by atoms with E-state index in [-0.39, 0.29) is 0 Å². The lowest BCUT2D eigenvalue weighted by Crippen LogP contribution is -2.15. The number of nitrogens with two attached hydrogens (primary N) is 1. The van der Waals surface area contributed by atoms with Gasteiger partial charge in [0, 0.05) is 13.1 Å². The first-order valence-electron chi connectivity index (χ1n) is 4.65. The van der Waals surface area contributed by atoms with Crippen molar-refractivity contribution in [2.24, 2.45) is 5.73 Å². The minimum Gasteiger partial charge on any atom is -0.378 e. The fourth-order valence-corrected chi connectivity index (χ4v) is 0.930. The van der Waals surface area contributed by atoms with E-state index in [1.807, 2.05) is 19.1 Å². The minimum absolute atomic E-state index is 0.560. The Morgan fingerprint density at radius 3 is 2.86 bits per heavy atom. The van der Waals surface area contributed by atoms with Crippen molar-refractivity contribution in [2.75, 3.05) is 31.6 Å². The number of anilines is 1. The largest absolute Gasteiger partial charge is 0.378 e. The first-order chi connectivity index (χ1) is 6.83. The van der Waals surface area contributed by atoms with Gasteiger partial charge in [0.05, 0.1) is 18.9 Å². The molecule has 0 saturated heterocycles. The van der Waals surface area contributed by atoms with Crippen molar-refractivity contribution >= 4 is 5.82 Å². The Morgan fingerprint density at radius 1 is 1.36 bits per heavy atom. The molecule has 0 atom stereocenters. The summed E-state index contributed by atoms with van der Waals surface area (Å²) in [6.45, 7) is 4.41. The Kier molecular flexibility index (Phi) is 4.88. The molecular weight excluding hydrogens is 180 g/mol. The maximum atomic E-state index is 5.27. The van der Waals surface area contributed by atoms with Gasteiger partial charge in [0.2, 0.25) is 0 Å². The van der Waals surface area contributed by atoms with Gasteiger partial charge in [-0.05, 0) is 19.1 Å². The Hall–Kier alpha value is -1.20. The number of hydrogen-bond donors (Lipinski definition) is 2. The van der Waals surface area contributed by atoms with Crippen LogP contribution in [0.15, 0.2) is 12.1 Å². The Labute approximate surface area is 83.7 Å². The van der Waals surface area contributed by atoms with E-state index in [0.717, 1.165) is 18.1 Å². The van der Waals surface area contributed by atoms with Crippen LogP contribution in [-0.4, -0.2) is 36.5 Å². The van der Waals surface area contributed by atoms with Crippen LogP contribution in [0.2, 0.25) is 0 Å². The van der Waals surface area contributed by atoms with Gasteiger partial charge in [-0.3, -0.25) is 0 Å². The van der Waals surface area contributed by atoms with Gasteiger partial charge in [-0.15, -0.1) is 5.10 Å². The van der Waals surface area contributed by atoms with Gasteiger partial charge in [0.25, 0.3) is 0 Å². The van der Waals surface area contributed by atoms with Crippen LogP contribution in [0.5, 0.6) is 0 Å². The first-order valence-corrected chi connectivity index (χ1v) is 4.65. The summed E-state index contributed by atoms with van der Waals surface area (Å²) in [6, 6.07) is 3.81. The highest BCUT2D eigenvalue weighted by molar-refractivity contribution is 5.32. The maximum Gasteiger partial charge on any atom is 0.148 e. The summed E-state index contributed by atoms with van der Waals surface area (Å²) in [5.41, 5.74) is 6.18. The monoisotopic (exact) mass is 196 g/mol. The normalized spacial score (nSPS) is 10.1. The number of ether oxygens (including phenoxy) is 1. The molecule has 3 N–H and O–H groups in total. The molecule has 0 unspecified atom stereocenters. The molecule has 0 radical (unpaired) electrons. The van der Waals surface area contributed by atoms with Crippen LogP contribution in [-0.2, 0) is 4.74 Å². The van der Waals surface area contributed by atoms with Crippen LogP contribution >= 0.6 is 0 Å². The number of aromatic nitrogens is 2. The molecule has 0 aliphatic rings. The van der Waals surface area contributed by atoms with Crippen LogP contribution in [0.3, 0.4) is 0 Å². The SMILES string of the molecule is Cc1ccc(NCCOCCN)nn1. The van der Waals surface area contributed by atoms with E-state index in [2.05, 4.69) is 15.5 Å². The second-order valence-corrected chi connectivity index (χ2v) is 2.89. The zero-order valence-corrected chi connectivity index (χ0v) is 8.36. The van der Waals surface area contributed by atoms with E-state index in [0.29, 0.717) is 19.8 Å². The molecule has 0 bridgehead atoms. The van der Waals surface area contributed by atoms with Crippen LogP contribution < -0.4 is 11.1 Å². The van der Waals surface area contributed by atoms with Crippen molar-refractivity contribution in [3.05, 3.63) is 17.8 Å². The summed E-state index contributed by atoms with van der Waals surface area (Å²) >= 11 is 0. The molecule has 14 heavy (non-hydrogen) atoms. The molecule has 5 heteroatoms. The third kappa shape index (κ3) is 4.15. The summed E-state index contributed by atoms with van der Waals surface area (Å²) in [5, 5.41) is 11.0. The topological polar surface area (TPSA) is 73.1 Å². The molecule has 1 aromatic rings. The van der Waals surface area contributed by atoms with E-state index < -0.39 is 0 Å². The second-order valence-electron chi connectivity index (χ2n) is 2.89. The second kappa shape index (κ2) is 6.28. The Morgan fingerprint density at radius 2 is 2.21 bits per heavy atom. The molecule has 0 aliphatic carbocycles. The predicted octanol–water partition coefficient (Wildman–Crippen LogP) is 0.172. The summed E-state index contributed by atoms with van der Waals surface area (Å²) in [6.07, 6.45) is 0. The zero-order chi connectivity index (χ0) is 10.2. The smallest absolute Gasteiger partial charge is 0.148 e. The van der Waals surface area contributed by atoms with Crippen molar-refractivity contribution in [1.29, 1.82) is 0 Å². The Bertz CT molecular complexity index is 249. The van der Waals surface area contributed by atoms with Crippen molar-refractivity contribution in [1.82, 2.24) is 10.2 Å². The molecule has 0 fully saturated rings. The number of rotatable bonds is 6. The molecular formula is C9H16N4O. The van der Waals surface area contributed by atoms with Crippen LogP contribution in [0, 0.1) is 6.92 Å².